The van der Waals surface area contributed by atoms with Crippen molar-refractivity contribution in [2.75, 3.05) is 26.2 Å². The Kier molecular flexibility index (Phi) is 5.81. The molecule has 6 heteroatoms. The number of amides is 1. The van der Waals surface area contributed by atoms with Crippen molar-refractivity contribution in [3.05, 3.63) is 35.4 Å². The number of carbonyl (C=O) groups excluding carboxylic acids is 1. The van der Waals surface area contributed by atoms with E-state index in [4.69, 9.17) is 0 Å². The summed E-state index contributed by atoms with van der Waals surface area (Å²) < 4.78 is 26.5. The second kappa shape index (κ2) is 7.45. The van der Waals surface area contributed by atoms with E-state index in [2.05, 4.69) is 0 Å². The van der Waals surface area contributed by atoms with E-state index in [0.29, 0.717) is 38.5 Å². The molecule has 1 fully saturated rings. The molecule has 128 valence electrons. The zero-order valence-corrected chi connectivity index (χ0v) is 15.0. The van der Waals surface area contributed by atoms with Crippen molar-refractivity contribution in [2.45, 2.75) is 32.9 Å². The fraction of sp³-hybridized carbons (Fsp3) is 0.588. The molecule has 5 nitrogen and oxygen atoms in total. The Hall–Kier alpha value is -1.40. The molecule has 1 aromatic carbocycles. The van der Waals surface area contributed by atoms with Crippen LogP contribution in [-0.2, 0) is 20.6 Å². The van der Waals surface area contributed by atoms with Gasteiger partial charge in [-0.05, 0) is 18.4 Å². The highest BCUT2D eigenvalue weighted by atomic mass is 32.2. The summed E-state index contributed by atoms with van der Waals surface area (Å²) in [4.78, 5) is 13.8. The summed E-state index contributed by atoms with van der Waals surface area (Å²) in [5, 5.41) is 0. The highest BCUT2D eigenvalue weighted by Crippen LogP contribution is 2.15. The summed E-state index contributed by atoms with van der Waals surface area (Å²) in [7, 11) is -3.33. The molecule has 0 bridgehead atoms. The Morgan fingerprint density at radius 3 is 2.17 bits per heavy atom. The number of piperazine rings is 1. The lowest BCUT2D eigenvalue weighted by Gasteiger charge is -2.34. The maximum absolute atomic E-state index is 12.5. The number of hydrogen-bond acceptors (Lipinski definition) is 3. The number of aryl methyl sites for hydroxylation is 1. The normalized spacial score (nSPS) is 16.8. The number of carbonyl (C=O) groups is 1. The van der Waals surface area contributed by atoms with Crippen molar-refractivity contribution in [2.24, 2.45) is 5.92 Å². The Balaban J connectivity index is 1.93. The number of rotatable bonds is 5. The number of hydrogen-bond donors (Lipinski definition) is 0. The average Bonchev–Trinajstić information content (AvgIpc) is 2.49. The van der Waals surface area contributed by atoms with E-state index in [1.165, 1.54) is 4.31 Å². The van der Waals surface area contributed by atoms with Crippen molar-refractivity contribution < 1.29 is 13.2 Å². The molecule has 0 spiro atoms. The Morgan fingerprint density at radius 1 is 1.09 bits per heavy atom. The maximum Gasteiger partial charge on any atom is 0.222 e. The number of sulfonamides is 1. The van der Waals surface area contributed by atoms with Gasteiger partial charge >= 0.3 is 0 Å². The monoisotopic (exact) mass is 338 g/mol. The number of benzene rings is 1. The SMILES string of the molecule is Cc1ccc(CS(=O)(=O)N2CCN(C(=O)CC(C)C)CC2)cc1. The van der Waals surface area contributed by atoms with Gasteiger partial charge in [0.1, 0.15) is 0 Å². The lowest BCUT2D eigenvalue weighted by molar-refractivity contribution is -0.133. The van der Waals surface area contributed by atoms with Crippen LogP contribution in [0.4, 0.5) is 0 Å². The summed E-state index contributed by atoms with van der Waals surface area (Å²) in [6.45, 7) is 7.75. The third-order valence-electron chi connectivity index (χ3n) is 4.04. The molecule has 0 radical (unpaired) electrons. The maximum atomic E-state index is 12.5. The summed E-state index contributed by atoms with van der Waals surface area (Å²) in [6.07, 6.45) is 0.524. The van der Waals surface area contributed by atoms with Crippen LogP contribution in [0.2, 0.25) is 0 Å². The van der Waals surface area contributed by atoms with Crippen LogP contribution in [0.15, 0.2) is 24.3 Å². The van der Waals surface area contributed by atoms with Crippen LogP contribution in [0.25, 0.3) is 0 Å². The predicted molar refractivity (Wildman–Crippen MR) is 91.4 cm³/mol. The molecular formula is C17H26N2O3S. The van der Waals surface area contributed by atoms with Crippen LogP contribution in [-0.4, -0.2) is 49.7 Å². The first-order valence-electron chi connectivity index (χ1n) is 8.09. The van der Waals surface area contributed by atoms with Gasteiger partial charge in [-0.1, -0.05) is 43.7 Å². The van der Waals surface area contributed by atoms with Gasteiger partial charge in [0.25, 0.3) is 0 Å². The molecule has 1 aliphatic rings. The molecule has 0 aliphatic carbocycles. The first-order chi connectivity index (χ1) is 10.8. The van der Waals surface area contributed by atoms with Gasteiger partial charge in [-0.3, -0.25) is 4.79 Å². The largest absolute Gasteiger partial charge is 0.340 e. The molecule has 0 atom stereocenters. The minimum Gasteiger partial charge on any atom is -0.340 e. The van der Waals surface area contributed by atoms with Gasteiger partial charge in [-0.25, -0.2) is 8.42 Å². The zero-order valence-electron chi connectivity index (χ0n) is 14.2. The van der Waals surface area contributed by atoms with Crippen molar-refractivity contribution in [3.8, 4) is 0 Å². The van der Waals surface area contributed by atoms with Gasteiger partial charge in [0, 0.05) is 32.6 Å². The van der Waals surface area contributed by atoms with Gasteiger partial charge in [-0.2, -0.15) is 4.31 Å². The molecule has 0 aromatic heterocycles. The van der Waals surface area contributed by atoms with Crippen LogP contribution in [0.3, 0.4) is 0 Å². The van der Waals surface area contributed by atoms with E-state index < -0.39 is 10.0 Å². The van der Waals surface area contributed by atoms with E-state index in [1.54, 1.807) is 4.90 Å². The standard InChI is InChI=1S/C17H26N2O3S/c1-14(2)12-17(20)18-8-10-19(11-9-18)23(21,22)13-16-6-4-15(3)5-7-16/h4-7,14H,8-13H2,1-3H3. The van der Waals surface area contributed by atoms with Crippen LogP contribution in [0, 0.1) is 12.8 Å². The summed E-state index contributed by atoms with van der Waals surface area (Å²) in [6, 6.07) is 7.56. The predicted octanol–water partition coefficient (Wildman–Crippen LogP) is 2.02. The van der Waals surface area contributed by atoms with Crippen molar-refractivity contribution in [3.63, 3.8) is 0 Å². The molecule has 1 saturated heterocycles. The molecule has 1 aliphatic heterocycles. The molecule has 1 amide bonds. The molecule has 2 rings (SSSR count). The molecule has 0 N–H and O–H groups in total. The van der Waals surface area contributed by atoms with E-state index in [0.717, 1.165) is 11.1 Å². The minimum absolute atomic E-state index is 0.0211. The van der Waals surface area contributed by atoms with E-state index in [-0.39, 0.29) is 11.7 Å². The lowest BCUT2D eigenvalue weighted by Crippen LogP contribution is -2.50. The Bertz CT molecular complexity index is 630. The van der Waals surface area contributed by atoms with Gasteiger partial charge in [0.15, 0.2) is 0 Å². The van der Waals surface area contributed by atoms with E-state index in [9.17, 15) is 13.2 Å². The molecule has 1 heterocycles. The fourth-order valence-corrected chi connectivity index (χ4v) is 4.20. The van der Waals surface area contributed by atoms with Crippen LogP contribution >= 0.6 is 0 Å². The van der Waals surface area contributed by atoms with Crippen LogP contribution in [0.5, 0.6) is 0 Å². The average molecular weight is 338 g/mol. The topological polar surface area (TPSA) is 57.7 Å². The smallest absolute Gasteiger partial charge is 0.222 e. The first-order valence-corrected chi connectivity index (χ1v) is 9.70. The highest BCUT2D eigenvalue weighted by Gasteiger charge is 2.28. The van der Waals surface area contributed by atoms with Crippen LogP contribution in [0.1, 0.15) is 31.4 Å². The first kappa shape index (κ1) is 17.9. The second-order valence-electron chi connectivity index (χ2n) is 6.62. The van der Waals surface area contributed by atoms with Crippen LogP contribution < -0.4 is 0 Å². The third-order valence-corrected chi connectivity index (χ3v) is 5.89. The van der Waals surface area contributed by atoms with Gasteiger partial charge in [0.2, 0.25) is 15.9 Å². The Morgan fingerprint density at radius 2 is 1.65 bits per heavy atom. The molecule has 1 aromatic rings. The number of nitrogens with zero attached hydrogens (tertiary/aromatic N) is 2. The zero-order chi connectivity index (χ0) is 17.0. The lowest BCUT2D eigenvalue weighted by atomic mass is 10.1. The molecule has 0 saturated carbocycles. The van der Waals surface area contributed by atoms with E-state index in [1.807, 2.05) is 45.0 Å². The van der Waals surface area contributed by atoms with Crippen molar-refractivity contribution in [1.82, 2.24) is 9.21 Å². The summed E-state index contributed by atoms with van der Waals surface area (Å²) in [5.41, 5.74) is 1.91. The Labute approximate surface area is 139 Å². The highest BCUT2D eigenvalue weighted by molar-refractivity contribution is 7.88. The van der Waals surface area contributed by atoms with Gasteiger partial charge in [0.05, 0.1) is 5.75 Å². The fourth-order valence-electron chi connectivity index (χ4n) is 2.68. The summed E-state index contributed by atoms with van der Waals surface area (Å²) in [5.74, 6) is 0.467. The van der Waals surface area contributed by atoms with Gasteiger partial charge in [-0.15, -0.1) is 0 Å². The quantitative estimate of drug-likeness (QED) is 0.825. The molecular weight excluding hydrogens is 312 g/mol. The molecule has 23 heavy (non-hydrogen) atoms. The minimum atomic E-state index is -3.33. The van der Waals surface area contributed by atoms with Gasteiger partial charge < -0.3 is 4.90 Å². The molecule has 0 unspecified atom stereocenters. The van der Waals surface area contributed by atoms with Crippen molar-refractivity contribution >= 4 is 15.9 Å². The summed E-state index contributed by atoms with van der Waals surface area (Å²) >= 11 is 0. The second-order valence-corrected chi connectivity index (χ2v) is 8.59. The third kappa shape index (κ3) is 5.04. The van der Waals surface area contributed by atoms with E-state index >= 15 is 0 Å². The van der Waals surface area contributed by atoms with Crippen molar-refractivity contribution in [1.29, 1.82) is 0 Å².